The number of halogens is 2. The highest BCUT2D eigenvalue weighted by Crippen LogP contribution is 2.40. The van der Waals surface area contributed by atoms with Crippen molar-refractivity contribution in [2.45, 2.75) is 53.1 Å². The van der Waals surface area contributed by atoms with Gasteiger partial charge in [-0.25, -0.2) is 4.79 Å². The minimum Gasteiger partial charge on any atom is -0.428 e. The molecular formula is C19H22BrClO3. The molecule has 0 aromatic heterocycles. The van der Waals surface area contributed by atoms with Crippen LogP contribution >= 0.6 is 27.5 Å². The molecule has 130 valence electrons. The summed E-state index contributed by atoms with van der Waals surface area (Å²) in [5.74, 6) is 0.532. The Labute approximate surface area is 156 Å². The Morgan fingerprint density at radius 2 is 1.92 bits per heavy atom. The highest BCUT2D eigenvalue weighted by molar-refractivity contribution is 9.10. The first-order valence-corrected chi connectivity index (χ1v) is 9.12. The second-order valence-electron chi connectivity index (χ2n) is 6.75. The Morgan fingerprint density at radius 1 is 1.25 bits per heavy atom. The van der Waals surface area contributed by atoms with Gasteiger partial charge in [-0.2, -0.15) is 0 Å². The van der Waals surface area contributed by atoms with Crippen molar-refractivity contribution >= 4 is 44.5 Å². The van der Waals surface area contributed by atoms with Crippen LogP contribution in [0.4, 0.5) is 4.79 Å². The molecular weight excluding hydrogens is 392 g/mol. The molecule has 2 aromatic carbocycles. The van der Waals surface area contributed by atoms with Crippen molar-refractivity contribution in [1.29, 1.82) is 0 Å². The maximum atomic E-state index is 12.2. The van der Waals surface area contributed by atoms with E-state index in [2.05, 4.69) is 22.9 Å². The zero-order valence-electron chi connectivity index (χ0n) is 14.6. The Kier molecular flexibility index (Phi) is 5.82. The Bertz CT molecular complexity index is 779. The quantitative estimate of drug-likeness (QED) is 0.408. The topological polar surface area (TPSA) is 35.5 Å². The van der Waals surface area contributed by atoms with Crippen LogP contribution in [0.2, 0.25) is 5.02 Å². The fraction of sp³-hybridized carbons (Fsp3) is 0.421. The molecule has 0 radical (unpaired) electrons. The molecule has 0 amide bonds. The molecule has 2 aromatic rings. The molecule has 0 fully saturated rings. The molecule has 0 aliphatic rings. The molecule has 0 N–H and O–H groups in total. The predicted octanol–water partition coefficient (Wildman–Crippen LogP) is 6.83. The average molecular weight is 414 g/mol. The van der Waals surface area contributed by atoms with Gasteiger partial charge in [0, 0.05) is 20.8 Å². The minimum absolute atomic E-state index is 0.532. The van der Waals surface area contributed by atoms with Crippen molar-refractivity contribution in [3.63, 3.8) is 0 Å². The van der Waals surface area contributed by atoms with Gasteiger partial charge in [0.15, 0.2) is 0 Å². The summed E-state index contributed by atoms with van der Waals surface area (Å²) in [6, 6.07) is 5.76. The lowest BCUT2D eigenvalue weighted by Gasteiger charge is -2.21. The fourth-order valence-corrected chi connectivity index (χ4v) is 3.22. The SMILES string of the molecule is CCCc1c(C)c(Cl)c2ccc(Br)cc2c1OC(=O)OC(C)(C)C. The van der Waals surface area contributed by atoms with E-state index in [1.165, 1.54) is 0 Å². The molecule has 0 saturated heterocycles. The van der Waals surface area contributed by atoms with E-state index in [4.69, 9.17) is 21.1 Å². The van der Waals surface area contributed by atoms with Gasteiger partial charge in [-0.3, -0.25) is 0 Å². The van der Waals surface area contributed by atoms with Gasteiger partial charge in [-0.05, 0) is 51.8 Å². The van der Waals surface area contributed by atoms with Gasteiger partial charge < -0.3 is 9.47 Å². The van der Waals surface area contributed by atoms with Gasteiger partial charge in [-0.1, -0.05) is 46.9 Å². The van der Waals surface area contributed by atoms with E-state index in [-0.39, 0.29) is 0 Å². The molecule has 0 heterocycles. The maximum absolute atomic E-state index is 12.2. The van der Waals surface area contributed by atoms with E-state index in [9.17, 15) is 4.79 Å². The summed E-state index contributed by atoms with van der Waals surface area (Å²) < 4.78 is 11.9. The Hall–Kier alpha value is -1.26. The molecule has 2 rings (SSSR count). The monoisotopic (exact) mass is 412 g/mol. The second-order valence-corrected chi connectivity index (χ2v) is 8.05. The van der Waals surface area contributed by atoms with Crippen LogP contribution < -0.4 is 4.74 Å². The van der Waals surface area contributed by atoms with Crippen LogP contribution in [-0.2, 0) is 11.2 Å². The molecule has 0 aliphatic carbocycles. The summed E-state index contributed by atoms with van der Waals surface area (Å²) in [5, 5.41) is 2.35. The molecule has 0 bridgehead atoms. The van der Waals surface area contributed by atoms with E-state index in [1.54, 1.807) is 0 Å². The summed E-state index contributed by atoms with van der Waals surface area (Å²) in [5.41, 5.74) is 1.27. The summed E-state index contributed by atoms with van der Waals surface area (Å²) in [6.45, 7) is 9.46. The van der Waals surface area contributed by atoms with Crippen molar-refractivity contribution in [2.24, 2.45) is 0 Å². The third-order valence-corrected chi connectivity index (χ3v) is 4.57. The summed E-state index contributed by atoms with van der Waals surface area (Å²) in [4.78, 5) is 12.2. The van der Waals surface area contributed by atoms with Crippen LogP contribution in [0.25, 0.3) is 10.8 Å². The van der Waals surface area contributed by atoms with Gasteiger partial charge in [0.05, 0.1) is 5.02 Å². The Morgan fingerprint density at radius 3 is 2.50 bits per heavy atom. The van der Waals surface area contributed by atoms with Crippen molar-refractivity contribution in [2.75, 3.05) is 0 Å². The summed E-state index contributed by atoms with van der Waals surface area (Å²) in [6.07, 6.45) is 0.982. The minimum atomic E-state index is -0.706. The van der Waals surface area contributed by atoms with Crippen molar-refractivity contribution < 1.29 is 14.3 Å². The van der Waals surface area contributed by atoms with Gasteiger partial charge in [0.25, 0.3) is 0 Å². The highest BCUT2D eigenvalue weighted by Gasteiger charge is 2.23. The second kappa shape index (κ2) is 7.32. The number of carbonyl (C=O) groups excluding carboxylic acids is 1. The summed E-state index contributed by atoms with van der Waals surface area (Å²) >= 11 is 10.0. The van der Waals surface area contributed by atoms with Crippen molar-refractivity contribution in [3.05, 3.63) is 38.8 Å². The lowest BCUT2D eigenvalue weighted by Crippen LogP contribution is -2.26. The van der Waals surface area contributed by atoms with Crippen LogP contribution in [-0.4, -0.2) is 11.8 Å². The first-order valence-electron chi connectivity index (χ1n) is 7.95. The number of benzene rings is 2. The van der Waals surface area contributed by atoms with Gasteiger partial charge in [0.1, 0.15) is 11.4 Å². The number of carbonyl (C=O) groups is 1. The average Bonchev–Trinajstić information content (AvgIpc) is 2.46. The first-order chi connectivity index (χ1) is 11.1. The zero-order chi connectivity index (χ0) is 18.1. The molecule has 5 heteroatoms. The molecule has 3 nitrogen and oxygen atoms in total. The largest absolute Gasteiger partial charge is 0.514 e. The molecule has 0 spiro atoms. The molecule has 24 heavy (non-hydrogen) atoms. The van der Waals surface area contributed by atoms with E-state index in [0.29, 0.717) is 10.8 Å². The normalized spacial score (nSPS) is 11.6. The van der Waals surface area contributed by atoms with Crippen LogP contribution in [0.1, 0.15) is 45.2 Å². The predicted molar refractivity (Wildman–Crippen MR) is 102 cm³/mol. The number of hydrogen-bond acceptors (Lipinski definition) is 3. The number of hydrogen-bond donors (Lipinski definition) is 0. The van der Waals surface area contributed by atoms with Gasteiger partial charge >= 0.3 is 6.16 Å². The number of ether oxygens (including phenoxy) is 2. The number of rotatable bonds is 3. The molecule has 0 aliphatic heterocycles. The van der Waals surface area contributed by atoms with Gasteiger partial charge in [0.2, 0.25) is 0 Å². The number of fused-ring (bicyclic) bond motifs is 1. The van der Waals surface area contributed by atoms with Crippen LogP contribution in [0.3, 0.4) is 0 Å². The van der Waals surface area contributed by atoms with Crippen molar-refractivity contribution in [1.82, 2.24) is 0 Å². The van der Waals surface area contributed by atoms with E-state index >= 15 is 0 Å². The third kappa shape index (κ3) is 4.22. The van der Waals surface area contributed by atoms with Gasteiger partial charge in [-0.15, -0.1) is 0 Å². The standard InChI is InChI=1S/C19H22BrClO3/c1-6-7-13-11(2)16(21)14-9-8-12(20)10-15(14)17(13)23-18(22)24-19(3,4)5/h8-10H,6-7H2,1-5H3. The van der Waals surface area contributed by atoms with Crippen LogP contribution in [0, 0.1) is 6.92 Å². The smallest absolute Gasteiger partial charge is 0.428 e. The lowest BCUT2D eigenvalue weighted by atomic mass is 9.97. The first kappa shape index (κ1) is 19.1. The Balaban J connectivity index is 2.64. The van der Waals surface area contributed by atoms with E-state index in [0.717, 1.165) is 39.2 Å². The third-order valence-electron chi connectivity index (χ3n) is 3.59. The molecule has 0 atom stereocenters. The highest BCUT2D eigenvalue weighted by atomic mass is 79.9. The maximum Gasteiger partial charge on any atom is 0.514 e. The van der Waals surface area contributed by atoms with Crippen LogP contribution in [0.5, 0.6) is 5.75 Å². The van der Waals surface area contributed by atoms with Crippen LogP contribution in [0.15, 0.2) is 22.7 Å². The van der Waals surface area contributed by atoms with E-state index < -0.39 is 11.8 Å². The molecule has 0 unspecified atom stereocenters. The van der Waals surface area contributed by atoms with E-state index in [1.807, 2.05) is 45.9 Å². The zero-order valence-corrected chi connectivity index (χ0v) is 17.0. The molecule has 0 saturated carbocycles. The van der Waals surface area contributed by atoms with Crippen molar-refractivity contribution in [3.8, 4) is 5.75 Å². The lowest BCUT2D eigenvalue weighted by molar-refractivity contribution is 0.0207. The summed E-state index contributed by atoms with van der Waals surface area (Å²) in [7, 11) is 0. The fourth-order valence-electron chi connectivity index (χ4n) is 2.58.